The standard InChI is InChI=1S/C19H15Cl2F3N2S/c20-16-6-5-13(11-17(16)21)27-18(7-9-26-10-8-25-12-26)14-3-1-2-4-15(14)19(22,23)24/h1-6,8,10-12,18H,7,9H2. The molecular formula is C19H15Cl2F3N2S. The molecule has 3 aromatic rings. The first kappa shape index (κ1) is 20.1. The molecule has 0 bridgehead atoms. The molecule has 1 heterocycles. The van der Waals surface area contributed by atoms with Crippen molar-refractivity contribution in [3.8, 4) is 0 Å². The van der Waals surface area contributed by atoms with Crippen LogP contribution in [0.3, 0.4) is 0 Å². The van der Waals surface area contributed by atoms with Crippen LogP contribution in [0.25, 0.3) is 0 Å². The summed E-state index contributed by atoms with van der Waals surface area (Å²) in [5.74, 6) is 0. The minimum absolute atomic E-state index is 0.251. The van der Waals surface area contributed by atoms with Gasteiger partial charge in [-0.3, -0.25) is 0 Å². The van der Waals surface area contributed by atoms with Gasteiger partial charge in [-0.15, -0.1) is 11.8 Å². The first-order chi connectivity index (χ1) is 12.8. The monoisotopic (exact) mass is 430 g/mol. The van der Waals surface area contributed by atoms with Crippen molar-refractivity contribution in [1.82, 2.24) is 9.55 Å². The van der Waals surface area contributed by atoms with Crippen molar-refractivity contribution in [1.29, 1.82) is 0 Å². The predicted molar refractivity (Wildman–Crippen MR) is 103 cm³/mol. The van der Waals surface area contributed by atoms with Gasteiger partial charge in [0.05, 0.1) is 21.9 Å². The zero-order chi connectivity index (χ0) is 19.4. The molecule has 8 heteroatoms. The summed E-state index contributed by atoms with van der Waals surface area (Å²) in [4.78, 5) is 4.74. The summed E-state index contributed by atoms with van der Waals surface area (Å²) >= 11 is 13.4. The second-order valence-electron chi connectivity index (χ2n) is 5.86. The molecular weight excluding hydrogens is 416 g/mol. The van der Waals surface area contributed by atoms with Gasteiger partial charge in [0.25, 0.3) is 0 Å². The molecule has 1 unspecified atom stereocenters. The molecule has 0 saturated heterocycles. The van der Waals surface area contributed by atoms with Crippen LogP contribution in [-0.4, -0.2) is 9.55 Å². The van der Waals surface area contributed by atoms with E-state index in [0.29, 0.717) is 23.0 Å². The highest BCUT2D eigenvalue weighted by atomic mass is 35.5. The Morgan fingerprint density at radius 1 is 1.07 bits per heavy atom. The number of halogens is 5. The van der Waals surface area contributed by atoms with Crippen LogP contribution in [0.4, 0.5) is 13.2 Å². The number of thioether (sulfide) groups is 1. The Balaban J connectivity index is 1.93. The SMILES string of the molecule is FC(F)(F)c1ccccc1C(CCn1ccnc1)Sc1ccc(Cl)c(Cl)c1. The number of nitrogens with zero attached hydrogens (tertiary/aromatic N) is 2. The Bertz CT molecular complexity index is 898. The van der Waals surface area contributed by atoms with Crippen molar-refractivity contribution < 1.29 is 13.2 Å². The summed E-state index contributed by atoms with van der Waals surface area (Å²) in [5.41, 5.74) is -0.366. The van der Waals surface area contributed by atoms with E-state index in [1.165, 1.54) is 23.9 Å². The van der Waals surface area contributed by atoms with Gasteiger partial charge in [-0.1, -0.05) is 41.4 Å². The third-order valence-electron chi connectivity index (χ3n) is 3.99. The molecule has 1 aromatic heterocycles. The third-order valence-corrected chi connectivity index (χ3v) is 6.03. The highest BCUT2D eigenvalue weighted by molar-refractivity contribution is 7.99. The van der Waals surface area contributed by atoms with Gasteiger partial charge in [0.2, 0.25) is 0 Å². The maximum atomic E-state index is 13.5. The van der Waals surface area contributed by atoms with Crippen LogP contribution >= 0.6 is 35.0 Å². The number of rotatable bonds is 6. The van der Waals surface area contributed by atoms with Gasteiger partial charge in [0.1, 0.15) is 0 Å². The average Bonchev–Trinajstić information content (AvgIpc) is 3.14. The van der Waals surface area contributed by atoms with Crippen molar-refractivity contribution in [2.45, 2.75) is 29.3 Å². The normalized spacial score (nSPS) is 12.9. The summed E-state index contributed by atoms with van der Waals surface area (Å²) in [6, 6.07) is 10.8. The second-order valence-corrected chi connectivity index (χ2v) is 7.95. The van der Waals surface area contributed by atoms with Crippen LogP contribution < -0.4 is 0 Å². The van der Waals surface area contributed by atoms with Crippen molar-refractivity contribution >= 4 is 35.0 Å². The Labute approximate surface area is 169 Å². The lowest BCUT2D eigenvalue weighted by Gasteiger charge is -2.22. The van der Waals surface area contributed by atoms with Gasteiger partial charge in [-0.25, -0.2) is 4.98 Å². The Kier molecular flexibility index (Phi) is 6.40. The van der Waals surface area contributed by atoms with Crippen LogP contribution in [0.5, 0.6) is 0 Å². The lowest BCUT2D eigenvalue weighted by molar-refractivity contribution is -0.138. The van der Waals surface area contributed by atoms with Crippen molar-refractivity contribution in [3.63, 3.8) is 0 Å². The molecule has 3 rings (SSSR count). The van der Waals surface area contributed by atoms with E-state index in [-0.39, 0.29) is 5.56 Å². The molecule has 0 saturated carbocycles. The van der Waals surface area contributed by atoms with E-state index < -0.39 is 17.0 Å². The first-order valence-corrected chi connectivity index (χ1v) is 9.71. The molecule has 0 aliphatic rings. The highest BCUT2D eigenvalue weighted by Gasteiger charge is 2.35. The van der Waals surface area contributed by atoms with E-state index in [2.05, 4.69) is 4.98 Å². The zero-order valence-corrected chi connectivity index (χ0v) is 16.3. The van der Waals surface area contributed by atoms with Gasteiger partial charge in [-0.2, -0.15) is 13.2 Å². The Hall–Kier alpha value is -1.63. The molecule has 0 aliphatic heterocycles. The molecule has 0 aliphatic carbocycles. The fourth-order valence-electron chi connectivity index (χ4n) is 2.71. The number of aromatic nitrogens is 2. The average molecular weight is 431 g/mol. The minimum Gasteiger partial charge on any atom is -0.337 e. The van der Waals surface area contributed by atoms with Gasteiger partial charge in [-0.05, 0) is 36.2 Å². The van der Waals surface area contributed by atoms with Crippen molar-refractivity contribution in [2.24, 2.45) is 0 Å². The molecule has 0 radical (unpaired) electrons. The Morgan fingerprint density at radius 2 is 1.85 bits per heavy atom. The number of hydrogen-bond donors (Lipinski definition) is 0. The quantitative estimate of drug-likeness (QED) is 0.387. The van der Waals surface area contributed by atoms with Crippen LogP contribution in [0.1, 0.15) is 22.8 Å². The first-order valence-electron chi connectivity index (χ1n) is 8.08. The molecule has 27 heavy (non-hydrogen) atoms. The van der Waals surface area contributed by atoms with E-state index in [4.69, 9.17) is 23.2 Å². The summed E-state index contributed by atoms with van der Waals surface area (Å²) < 4.78 is 42.4. The number of alkyl halides is 3. The van der Waals surface area contributed by atoms with Crippen LogP contribution in [0.15, 0.2) is 66.1 Å². The maximum absolute atomic E-state index is 13.5. The smallest absolute Gasteiger partial charge is 0.337 e. The Morgan fingerprint density at radius 3 is 2.52 bits per heavy atom. The fourth-order valence-corrected chi connectivity index (χ4v) is 4.29. The van der Waals surface area contributed by atoms with Crippen molar-refractivity contribution in [2.75, 3.05) is 0 Å². The molecule has 2 nitrogen and oxygen atoms in total. The van der Waals surface area contributed by atoms with E-state index in [1.807, 2.05) is 4.57 Å². The van der Waals surface area contributed by atoms with Crippen LogP contribution in [-0.2, 0) is 12.7 Å². The largest absolute Gasteiger partial charge is 0.416 e. The van der Waals surface area contributed by atoms with Crippen molar-refractivity contribution in [3.05, 3.63) is 82.4 Å². The maximum Gasteiger partial charge on any atom is 0.416 e. The van der Waals surface area contributed by atoms with Gasteiger partial charge in [0.15, 0.2) is 0 Å². The molecule has 142 valence electrons. The molecule has 2 aromatic carbocycles. The molecule has 1 atom stereocenters. The third kappa shape index (κ3) is 5.21. The molecule has 0 spiro atoms. The summed E-state index contributed by atoms with van der Waals surface area (Å²) in [6.07, 6.45) is 1.16. The number of benzene rings is 2. The number of hydrogen-bond acceptors (Lipinski definition) is 2. The van der Waals surface area contributed by atoms with E-state index in [9.17, 15) is 13.2 Å². The predicted octanol–water partition coefficient (Wildman–Crippen LogP) is 7.13. The van der Waals surface area contributed by atoms with Gasteiger partial charge >= 0.3 is 6.18 Å². The van der Waals surface area contributed by atoms with Crippen LogP contribution in [0.2, 0.25) is 10.0 Å². The van der Waals surface area contributed by atoms with E-state index in [1.54, 1.807) is 43.0 Å². The topological polar surface area (TPSA) is 17.8 Å². The molecule has 0 fully saturated rings. The lowest BCUT2D eigenvalue weighted by Crippen LogP contribution is -2.12. The minimum atomic E-state index is -4.41. The molecule has 0 amide bonds. The van der Waals surface area contributed by atoms with Gasteiger partial charge < -0.3 is 4.57 Å². The summed E-state index contributed by atoms with van der Waals surface area (Å²) in [6.45, 7) is 0.547. The van der Waals surface area contributed by atoms with E-state index in [0.717, 1.165) is 11.0 Å². The van der Waals surface area contributed by atoms with Gasteiger partial charge in [0, 0.05) is 29.1 Å². The zero-order valence-electron chi connectivity index (χ0n) is 14.0. The molecule has 0 N–H and O–H groups in total. The number of aryl methyl sites for hydroxylation is 1. The van der Waals surface area contributed by atoms with Crippen LogP contribution in [0, 0.1) is 0 Å². The van der Waals surface area contributed by atoms with E-state index >= 15 is 0 Å². The number of imidazole rings is 1. The second kappa shape index (κ2) is 8.59. The summed E-state index contributed by atoms with van der Waals surface area (Å²) in [5, 5.41) is 0.369. The summed E-state index contributed by atoms with van der Waals surface area (Å²) in [7, 11) is 0. The fraction of sp³-hybridized carbons (Fsp3) is 0.211. The lowest BCUT2D eigenvalue weighted by atomic mass is 10.0. The highest BCUT2D eigenvalue weighted by Crippen LogP contribution is 2.44.